The van der Waals surface area contributed by atoms with E-state index >= 15 is 0 Å². The van der Waals surface area contributed by atoms with Crippen LogP contribution < -0.4 is 10.1 Å². The number of hydrogen-bond acceptors (Lipinski definition) is 2. The molecule has 3 rings (SSSR count). The van der Waals surface area contributed by atoms with Gasteiger partial charge in [-0.2, -0.15) is 0 Å². The molecule has 0 unspecified atom stereocenters. The van der Waals surface area contributed by atoms with Crippen molar-refractivity contribution in [3.05, 3.63) is 58.3 Å². The van der Waals surface area contributed by atoms with Crippen LogP contribution >= 0.6 is 15.9 Å². The Morgan fingerprint density at radius 3 is 2.75 bits per heavy atom. The monoisotopic (exact) mass is 335 g/mol. The third-order valence-electron chi connectivity index (χ3n) is 3.24. The van der Waals surface area contributed by atoms with Crippen LogP contribution in [0.4, 0.5) is 4.39 Å². The van der Waals surface area contributed by atoms with Gasteiger partial charge in [0.2, 0.25) is 0 Å². The lowest BCUT2D eigenvalue weighted by Crippen LogP contribution is -2.15. The van der Waals surface area contributed by atoms with Crippen LogP contribution in [0.15, 0.2) is 46.9 Å². The van der Waals surface area contributed by atoms with E-state index < -0.39 is 0 Å². The molecule has 0 aliphatic heterocycles. The Balaban J connectivity index is 1.80. The lowest BCUT2D eigenvalue weighted by Gasteiger charge is -2.12. The molecule has 2 nitrogen and oxygen atoms in total. The Kier molecular flexibility index (Phi) is 4.03. The van der Waals surface area contributed by atoms with Gasteiger partial charge in [-0.15, -0.1) is 0 Å². The Hall–Kier alpha value is -1.39. The molecule has 1 aliphatic rings. The summed E-state index contributed by atoms with van der Waals surface area (Å²) in [6, 6.07) is 13.0. The first-order chi connectivity index (χ1) is 9.72. The van der Waals surface area contributed by atoms with Crippen LogP contribution in [0.25, 0.3) is 0 Å². The van der Waals surface area contributed by atoms with Crippen molar-refractivity contribution in [1.29, 1.82) is 0 Å². The summed E-state index contributed by atoms with van der Waals surface area (Å²) in [5, 5.41) is 3.44. The van der Waals surface area contributed by atoms with Gasteiger partial charge in [0.05, 0.1) is 0 Å². The van der Waals surface area contributed by atoms with Crippen molar-refractivity contribution in [2.45, 2.75) is 25.4 Å². The van der Waals surface area contributed by atoms with Crippen molar-refractivity contribution in [3.63, 3.8) is 0 Å². The molecule has 20 heavy (non-hydrogen) atoms. The fourth-order valence-corrected chi connectivity index (χ4v) is 2.31. The fraction of sp³-hybridized carbons (Fsp3) is 0.250. The zero-order valence-corrected chi connectivity index (χ0v) is 12.5. The second-order valence-corrected chi connectivity index (χ2v) is 5.86. The van der Waals surface area contributed by atoms with Crippen LogP contribution in [0.5, 0.6) is 11.5 Å². The predicted molar refractivity (Wildman–Crippen MR) is 80.5 cm³/mol. The maximum atomic E-state index is 13.7. The molecule has 0 atom stereocenters. The number of benzene rings is 2. The van der Waals surface area contributed by atoms with E-state index in [1.54, 1.807) is 12.1 Å². The van der Waals surface area contributed by atoms with Crippen LogP contribution in [-0.4, -0.2) is 6.04 Å². The minimum atomic E-state index is -0.363. The minimum absolute atomic E-state index is 0.234. The van der Waals surface area contributed by atoms with E-state index in [9.17, 15) is 4.39 Å². The first kappa shape index (κ1) is 13.6. The molecule has 1 N–H and O–H groups in total. The molecule has 2 aromatic carbocycles. The van der Waals surface area contributed by atoms with Gasteiger partial charge in [-0.1, -0.05) is 34.1 Å². The molecule has 1 fully saturated rings. The van der Waals surface area contributed by atoms with Crippen LogP contribution in [0.3, 0.4) is 0 Å². The van der Waals surface area contributed by atoms with Crippen molar-refractivity contribution in [3.8, 4) is 11.5 Å². The zero-order valence-electron chi connectivity index (χ0n) is 10.9. The topological polar surface area (TPSA) is 21.3 Å². The molecule has 1 saturated carbocycles. The highest BCUT2D eigenvalue weighted by Gasteiger charge is 2.20. The van der Waals surface area contributed by atoms with Gasteiger partial charge >= 0.3 is 0 Å². The molecule has 0 saturated heterocycles. The van der Waals surface area contributed by atoms with Crippen molar-refractivity contribution < 1.29 is 9.13 Å². The fourth-order valence-electron chi connectivity index (χ4n) is 1.97. The van der Waals surface area contributed by atoms with Crippen LogP contribution in [0.1, 0.15) is 18.4 Å². The standard InChI is InChI=1S/C16H15BrFNO/c17-12-5-8-14(18)16(9-12)20-15-4-2-1-3-11(15)10-19-13-6-7-13/h1-5,8-9,13,19H,6-7,10H2. The number of nitrogens with one attached hydrogen (secondary N) is 1. The second kappa shape index (κ2) is 5.94. The van der Waals surface area contributed by atoms with Gasteiger partial charge < -0.3 is 10.1 Å². The van der Waals surface area contributed by atoms with Gasteiger partial charge in [-0.3, -0.25) is 0 Å². The molecular formula is C16H15BrFNO. The van der Waals surface area contributed by atoms with Crippen molar-refractivity contribution in [2.75, 3.05) is 0 Å². The van der Waals surface area contributed by atoms with Gasteiger partial charge in [-0.05, 0) is 37.1 Å². The molecule has 0 spiro atoms. The summed E-state index contributed by atoms with van der Waals surface area (Å²) in [4.78, 5) is 0. The first-order valence-corrected chi connectivity index (χ1v) is 7.46. The van der Waals surface area contributed by atoms with E-state index in [-0.39, 0.29) is 11.6 Å². The van der Waals surface area contributed by atoms with Crippen LogP contribution in [0, 0.1) is 5.82 Å². The molecule has 1 aliphatic carbocycles. The summed E-state index contributed by atoms with van der Waals surface area (Å²) in [6.07, 6.45) is 2.48. The number of rotatable bonds is 5. The Bertz CT molecular complexity index is 613. The molecular weight excluding hydrogens is 321 g/mol. The number of ether oxygens (including phenoxy) is 1. The SMILES string of the molecule is Fc1ccc(Br)cc1Oc1ccccc1CNC1CC1. The third-order valence-corrected chi connectivity index (χ3v) is 3.74. The summed E-state index contributed by atoms with van der Waals surface area (Å²) in [5.74, 6) is 0.564. The van der Waals surface area contributed by atoms with Crippen molar-refractivity contribution in [1.82, 2.24) is 5.32 Å². The molecule has 0 heterocycles. The second-order valence-electron chi connectivity index (χ2n) is 4.94. The highest BCUT2D eigenvalue weighted by molar-refractivity contribution is 9.10. The molecule has 4 heteroatoms. The van der Waals surface area contributed by atoms with Crippen molar-refractivity contribution >= 4 is 15.9 Å². The average Bonchev–Trinajstić information content (AvgIpc) is 3.26. The lowest BCUT2D eigenvalue weighted by molar-refractivity contribution is 0.435. The first-order valence-electron chi connectivity index (χ1n) is 6.66. The normalized spacial score (nSPS) is 14.3. The van der Waals surface area contributed by atoms with E-state index in [0.717, 1.165) is 16.6 Å². The van der Waals surface area contributed by atoms with Crippen molar-refractivity contribution in [2.24, 2.45) is 0 Å². The summed E-state index contributed by atoms with van der Waals surface area (Å²) >= 11 is 3.33. The Morgan fingerprint density at radius 1 is 1.15 bits per heavy atom. The molecule has 0 amide bonds. The largest absolute Gasteiger partial charge is 0.454 e. The summed E-state index contributed by atoms with van der Waals surface area (Å²) in [7, 11) is 0. The number of para-hydroxylation sites is 1. The molecule has 0 radical (unpaired) electrons. The number of halogens is 2. The third kappa shape index (κ3) is 3.38. The smallest absolute Gasteiger partial charge is 0.165 e. The van der Waals surface area contributed by atoms with E-state index in [1.165, 1.54) is 18.9 Å². The maximum absolute atomic E-state index is 13.7. The van der Waals surface area contributed by atoms with Crippen LogP contribution in [-0.2, 0) is 6.54 Å². The van der Waals surface area contributed by atoms with Gasteiger partial charge in [0.15, 0.2) is 11.6 Å². The van der Waals surface area contributed by atoms with E-state index in [1.807, 2.05) is 24.3 Å². The highest BCUT2D eigenvalue weighted by atomic mass is 79.9. The summed E-state index contributed by atoms with van der Waals surface area (Å²) in [6.45, 7) is 0.746. The molecule has 0 aromatic heterocycles. The lowest BCUT2D eigenvalue weighted by atomic mass is 10.2. The predicted octanol–water partition coefficient (Wildman–Crippen LogP) is 4.63. The number of hydrogen-bond donors (Lipinski definition) is 1. The Morgan fingerprint density at radius 2 is 1.95 bits per heavy atom. The van der Waals surface area contributed by atoms with E-state index in [2.05, 4.69) is 21.2 Å². The molecule has 104 valence electrons. The highest BCUT2D eigenvalue weighted by Crippen LogP contribution is 2.30. The summed E-state index contributed by atoms with van der Waals surface area (Å²) in [5.41, 5.74) is 1.04. The maximum Gasteiger partial charge on any atom is 0.165 e. The van der Waals surface area contributed by atoms with Gasteiger partial charge in [-0.25, -0.2) is 4.39 Å². The minimum Gasteiger partial charge on any atom is -0.454 e. The zero-order chi connectivity index (χ0) is 13.9. The average molecular weight is 336 g/mol. The Labute approximate surface area is 126 Å². The van der Waals surface area contributed by atoms with Crippen LogP contribution in [0.2, 0.25) is 0 Å². The summed E-state index contributed by atoms with van der Waals surface area (Å²) < 4.78 is 20.3. The van der Waals surface area contributed by atoms with E-state index in [4.69, 9.17) is 4.74 Å². The van der Waals surface area contributed by atoms with Gasteiger partial charge in [0, 0.05) is 22.6 Å². The molecule has 0 bridgehead atoms. The molecule has 2 aromatic rings. The van der Waals surface area contributed by atoms with Gasteiger partial charge in [0.25, 0.3) is 0 Å². The quantitative estimate of drug-likeness (QED) is 0.859. The van der Waals surface area contributed by atoms with E-state index in [0.29, 0.717) is 11.8 Å². The van der Waals surface area contributed by atoms with Gasteiger partial charge in [0.1, 0.15) is 5.75 Å².